The standard InChI is InChI=1S/C23H24N4O2S/c1-16-19(17(2)27(25-16)18-8-4-3-5-9-18)14-24-22(28)12-13-26-20-10-6-7-11-21(20)30-15-23(26)29/h3-11H,12-15H2,1-2H3,(H,24,28). The molecule has 0 radical (unpaired) electrons. The summed E-state index contributed by atoms with van der Waals surface area (Å²) in [6.07, 6.45) is 0.260. The van der Waals surface area contributed by atoms with Gasteiger partial charge in [0, 0.05) is 35.7 Å². The Balaban J connectivity index is 1.38. The van der Waals surface area contributed by atoms with Crippen molar-refractivity contribution < 1.29 is 9.59 Å². The van der Waals surface area contributed by atoms with Crippen LogP contribution in [-0.2, 0) is 16.1 Å². The number of benzene rings is 2. The predicted molar refractivity (Wildman–Crippen MR) is 119 cm³/mol. The highest BCUT2D eigenvalue weighted by Gasteiger charge is 2.24. The van der Waals surface area contributed by atoms with E-state index < -0.39 is 0 Å². The molecule has 0 aliphatic carbocycles. The van der Waals surface area contributed by atoms with Crippen molar-refractivity contribution in [1.29, 1.82) is 0 Å². The molecule has 0 saturated heterocycles. The number of nitrogens with one attached hydrogen (secondary N) is 1. The first-order chi connectivity index (χ1) is 14.5. The van der Waals surface area contributed by atoms with Crippen molar-refractivity contribution in [2.75, 3.05) is 17.2 Å². The molecule has 1 N–H and O–H groups in total. The van der Waals surface area contributed by atoms with Gasteiger partial charge in [0.1, 0.15) is 0 Å². The molecule has 0 unspecified atom stereocenters. The SMILES string of the molecule is Cc1nn(-c2ccccc2)c(C)c1CNC(=O)CCN1C(=O)CSc2ccccc21. The van der Waals surface area contributed by atoms with E-state index in [1.165, 1.54) is 0 Å². The van der Waals surface area contributed by atoms with Gasteiger partial charge in [0.25, 0.3) is 0 Å². The third kappa shape index (κ3) is 4.11. The number of thioether (sulfide) groups is 1. The minimum absolute atomic E-state index is 0.0438. The Morgan fingerprint density at radius 1 is 1.10 bits per heavy atom. The number of aromatic nitrogens is 2. The first-order valence-corrected chi connectivity index (χ1v) is 10.9. The molecule has 2 aromatic carbocycles. The van der Waals surface area contributed by atoms with Crippen molar-refractivity contribution in [3.05, 3.63) is 71.5 Å². The highest BCUT2D eigenvalue weighted by Crippen LogP contribution is 2.34. The molecule has 0 atom stereocenters. The van der Waals surface area contributed by atoms with E-state index in [4.69, 9.17) is 0 Å². The average Bonchev–Trinajstić information content (AvgIpc) is 3.05. The van der Waals surface area contributed by atoms with Gasteiger partial charge in [0.05, 0.1) is 22.8 Å². The Morgan fingerprint density at radius 3 is 2.63 bits per heavy atom. The number of carbonyl (C=O) groups is 2. The minimum Gasteiger partial charge on any atom is -0.352 e. The van der Waals surface area contributed by atoms with Gasteiger partial charge >= 0.3 is 0 Å². The van der Waals surface area contributed by atoms with Gasteiger partial charge in [0.2, 0.25) is 11.8 Å². The summed E-state index contributed by atoms with van der Waals surface area (Å²) in [5.74, 6) is 0.377. The second-order valence-electron chi connectivity index (χ2n) is 7.23. The van der Waals surface area contributed by atoms with Gasteiger partial charge in [-0.3, -0.25) is 9.59 Å². The van der Waals surface area contributed by atoms with E-state index >= 15 is 0 Å². The second-order valence-corrected chi connectivity index (χ2v) is 8.24. The Bertz CT molecular complexity index is 1080. The lowest BCUT2D eigenvalue weighted by Crippen LogP contribution is -2.38. The molecular weight excluding hydrogens is 396 g/mol. The molecule has 1 aliphatic heterocycles. The molecule has 2 amide bonds. The van der Waals surface area contributed by atoms with Gasteiger partial charge < -0.3 is 10.2 Å². The summed E-state index contributed by atoms with van der Waals surface area (Å²) in [6.45, 7) is 4.76. The molecule has 1 aromatic heterocycles. The van der Waals surface area contributed by atoms with Crippen LogP contribution >= 0.6 is 11.8 Å². The van der Waals surface area contributed by atoms with Crippen LogP contribution in [0, 0.1) is 13.8 Å². The summed E-state index contributed by atoms with van der Waals surface area (Å²) in [6, 6.07) is 17.8. The molecule has 0 spiro atoms. The highest BCUT2D eigenvalue weighted by molar-refractivity contribution is 8.00. The second kappa shape index (κ2) is 8.75. The van der Waals surface area contributed by atoms with Gasteiger partial charge in [-0.2, -0.15) is 5.10 Å². The van der Waals surface area contributed by atoms with Crippen LogP contribution in [0.25, 0.3) is 5.69 Å². The molecule has 7 heteroatoms. The molecule has 154 valence electrons. The summed E-state index contributed by atoms with van der Waals surface area (Å²) in [5.41, 5.74) is 4.81. The third-order valence-electron chi connectivity index (χ3n) is 5.27. The molecule has 0 fully saturated rings. The number of fused-ring (bicyclic) bond motifs is 1. The number of amides is 2. The number of anilines is 1. The fraction of sp³-hybridized carbons (Fsp3) is 0.261. The number of carbonyl (C=O) groups excluding carboxylic acids is 2. The van der Waals surface area contributed by atoms with Crippen LogP contribution in [0.3, 0.4) is 0 Å². The van der Waals surface area contributed by atoms with Crippen LogP contribution in [0.15, 0.2) is 59.5 Å². The van der Waals surface area contributed by atoms with Crippen LogP contribution < -0.4 is 10.2 Å². The molecule has 0 saturated carbocycles. The van der Waals surface area contributed by atoms with E-state index in [9.17, 15) is 9.59 Å². The Hall–Kier alpha value is -3.06. The van der Waals surface area contributed by atoms with Crippen LogP contribution in [0.5, 0.6) is 0 Å². The maximum Gasteiger partial charge on any atom is 0.237 e. The lowest BCUT2D eigenvalue weighted by atomic mass is 10.2. The zero-order valence-electron chi connectivity index (χ0n) is 17.1. The first-order valence-electron chi connectivity index (χ1n) is 9.94. The monoisotopic (exact) mass is 420 g/mol. The van der Waals surface area contributed by atoms with E-state index in [1.54, 1.807) is 16.7 Å². The predicted octanol–water partition coefficient (Wildman–Crippen LogP) is 3.63. The quantitative estimate of drug-likeness (QED) is 0.661. The first kappa shape index (κ1) is 20.2. The lowest BCUT2D eigenvalue weighted by Gasteiger charge is -2.28. The van der Waals surface area contributed by atoms with E-state index in [0.717, 1.165) is 33.2 Å². The van der Waals surface area contributed by atoms with Crippen molar-refractivity contribution >= 4 is 29.3 Å². The van der Waals surface area contributed by atoms with Crippen LogP contribution in [0.2, 0.25) is 0 Å². The lowest BCUT2D eigenvalue weighted by molar-refractivity contribution is -0.121. The molecule has 4 rings (SSSR count). The van der Waals surface area contributed by atoms with Crippen molar-refractivity contribution in [1.82, 2.24) is 15.1 Å². The van der Waals surface area contributed by atoms with E-state index in [0.29, 0.717) is 18.8 Å². The average molecular weight is 421 g/mol. The Labute approximate surface area is 180 Å². The number of rotatable bonds is 6. The van der Waals surface area contributed by atoms with E-state index in [-0.39, 0.29) is 18.2 Å². The molecule has 6 nitrogen and oxygen atoms in total. The van der Waals surface area contributed by atoms with Crippen LogP contribution in [-0.4, -0.2) is 33.9 Å². The molecule has 2 heterocycles. The van der Waals surface area contributed by atoms with Crippen molar-refractivity contribution in [3.8, 4) is 5.69 Å². The molecular formula is C23H24N4O2S. The van der Waals surface area contributed by atoms with Gasteiger partial charge in [0.15, 0.2) is 0 Å². The number of nitrogens with zero attached hydrogens (tertiary/aromatic N) is 3. The maximum absolute atomic E-state index is 12.5. The Morgan fingerprint density at radius 2 is 1.83 bits per heavy atom. The number of aryl methyl sites for hydroxylation is 1. The summed E-state index contributed by atoms with van der Waals surface area (Å²) >= 11 is 1.54. The van der Waals surface area contributed by atoms with Crippen molar-refractivity contribution in [2.24, 2.45) is 0 Å². The summed E-state index contributed by atoms with van der Waals surface area (Å²) in [4.78, 5) is 27.6. The summed E-state index contributed by atoms with van der Waals surface area (Å²) < 4.78 is 1.90. The normalized spacial score (nSPS) is 13.3. The maximum atomic E-state index is 12.5. The minimum atomic E-state index is -0.0789. The molecule has 30 heavy (non-hydrogen) atoms. The van der Waals surface area contributed by atoms with Gasteiger partial charge in [-0.25, -0.2) is 4.68 Å². The fourth-order valence-electron chi connectivity index (χ4n) is 3.64. The van der Waals surface area contributed by atoms with Crippen LogP contribution in [0.4, 0.5) is 5.69 Å². The number of hydrogen-bond acceptors (Lipinski definition) is 4. The van der Waals surface area contributed by atoms with Gasteiger partial charge in [-0.15, -0.1) is 11.8 Å². The molecule has 3 aromatic rings. The highest BCUT2D eigenvalue weighted by atomic mass is 32.2. The Kier molecular flexibility index (Phi) is 5.90. The van der Waals surface area contributed by atoms with Crippen molar-refractivity contribution in [3.63, 3.8) is 0 Å². The topological polar surface area (TPSA) is 67.2 Å². The largest absolute Gasteiger partial charge is 0.352 e. The van der Waals surface area contributed by atoms with E-state index in [1.807, 2.05) is 73.1 Å². The van der Waals surface area contributed by atoms with Crippen LogP contribution in [0.1, 0.15) is 23.4 Å². The van der Waals surface area contributed by atoms with Gasteiger partial charge in [-0.1, -0.05) is 30.3 Å². The zero-order chi connectivity index (χ0) is 21.1. The summed E-state index contributed by atoms with van der Waals surface area (Å²) in [5, 5.41) is 7.61. The number of hydrogen-bond donors (Lipinski definition) is 1. The van der Waals surface area contributed by atoms with Gasteiger partial charge in [-0.05, 0) is 38.1 Å². The third-order valence-corrected chi connectivity index (χ3v) is 6.32. The zero-order valence-corrected chi connectivity index (χ0v) is 17.9. The molecule has 0 bridgehead atoms. The van der Waals surface area contributed by atoms with Crippen molar-refractivity contribution in [2.45, 2.75) is 31.7 Å². The number of para-hydroxylation sites is 2. The smallest absolute Gasteiger partial charge is 0.237 e. The fourth-order valence-corrected chi connectivity index (χ4v) is 4.57. The molecule has 1 aliphatic rings. The van der Waals surface area contributed by atoms with E-state index in [2.05, 4.69) is 10.4 Å². The summed E-state index contributed by atoms with van der Waals surface area (Å²) in [7, 11) is 0.